The Balaban J connectivity index is 2.27. The zero-order chi connectivity index (χ0) is 12.4. The van der Waals surface area contributed by atoms with Crippen LogP contribution in [0.3, 0.4) is 0 Å². The van der Waals surface area contributed by atoms with Gasteiger partial charge in [0.1, 0.15) is 9.39 Å². The lowest BCUT2D eigenvalue weighted by molar-refractivity contribution is -0.00229. The van der Waals surface area contributed by atoms with E-state index in [-0.39, 0.29) is 17.8 Å². The summed E-state index contributed by atoms with van der Waals surface area (Å²) >= 11 is 5.46. The topological polar surface area (TPSA) is 58.2 Å². The van der Waals surface area contributed by atoms with E-state index in [1.54, 1.807) is 0 Å². The highest BCUT2D eigenvalue weighted by molar-refractivity contribution is 14.1. The van der Waals surface area contributed by atoms with Crippen LogP contribution in [-0.2, 0) is 4.74 Å². The number of hydrogen-bond donors (Lipinski definition) is 1. The van der Waals surface area contributed by atoms with Gasteiger partial charge in [-0.2, -0.15) is 0 Å². The van der Waals surface area contributed by atoms with Gasteiger partial charge in [-0.05, 0) is 29.5 Å². The monoisotopic (exact) mass is 413 g/mol. The van der Waals surface area contributed by atoms with Crippen LogP contribution in [0, 0.1) is 3.57 Å². The molecule has 7 heteroatoms. The average Bonchev–Trinajstić information content (AvgIpc) is 2.31. The van der Waals surface area contributed by atoms with Gasteiger partial charge in [-0.1, -0.05) is 15.9 Å². The number of rotatable bonds is 2. The molecule has 1 aliphatic rings. The molecule has 0 spiro atoms. The highest BCUT2D eigenvalue weighted by Gasteiger charge is 2.26. The largest absolute Gasteiger partial charge is 0.371 e. The number of anilines is 1. The van der Waals surface area contributed by atoms with Crippen molar-refractivity contribution < 1.29 is 4.74 Å². The molecule has 17 heavy (non-hydrogen) atoms. The van der Waals surface area contributed by atoms with Crippen molar-refractivity contribution in [2.24, 2.45) is 0 Å². The Morgan fingerprint density at radius 1 is 1.71 bits per heavy atom. The minimum Gasteiger partial charge on any atom is -0.371 e. The van der Waals surface area contributed by atoms with E-state index in [2.05, 4.69) is 30.8 Å². The Hall–Kier alpha value is -0.150. The van der Waals surface area contributed by atoms with Crippen LogP contribution in [0.5, 0.6) is 0 Å². The number of halogens is 2. The first kappa shape index (κ1) is 13.3. The average molecular weight is 414 g/mol. The summed E-state index contributed by atoms with van der Waals surface area (Å²) in [5.41, 5.74) is -0.0925. The van der Waals surface area contributed by atoms with E-state index in [0.717, 1.165) is 24.2 Å². The van der Waals surface area contributed by atoms with E-state index in [1.165, 1.54) is 6.33 Å². The first-order chi connectivity index (χ1) is 8.11. The Morgan fingerprint density at radius 2 is 2.47 bits per heavy atom. The summed E-state index contributed by atoms with van der Waals surface area (Å²) in [4.78, 5) is 20.5. The minimum absolute atomic E-state index is 0.0925. The van der Waals surface area contributed by atoms with Crippen molar-refractivity contribution in [3.05, 3.63) is 20.3 Å². The summed E-state index contributed by atoms with van der Waals surface area (Å²) in [6, 6.07) is 0. The van der Waals surface area contributed by atoms with Gasteiger partial charge in [-0.25, -0.2) is 4.98 Å². The maximum atomic E-state index is 11.5. The molecule has 1 fully saturated rings. The maximum Gasteiger partial charge on any atom is 0.266 e. The minimum atomic E-state index is -0.0925. The normalized spacial score (nSPS) is 25.0. The fraction of sp³-hybridized carbons (Fsp3) is 0.600. The van der Waals surface area contributed by atoms with Crippen molar-refractivity contribution in [2.45, 2.75) is 19.1 Å². The Bertz CT molecular complexity index is 453. The molecule has 0 aliphatic carbocycles. The number of ether oxygens (including phenoxy) is 1. The van der Waals surface area contributed by atoms with Gasteiger partial charge >= 0.3 is 0 Å². The van der Waals surface area contributed by atoms with Gasteiger partial charge in [-0.3, -0.25) is 4.79 Å². The highest BCUT2D eigenvalue weighted by Crippen LogP contribution is 2.21. The Morgan fingerprint density at radius 3 is 3.18 bits per heavy atom. The summed E-state index contributed by atoms with van der Waals surface area (Å²) in [6.45, 7) is 3.54. The Kier molecular flexibility index (Phi) is 4.42. The molecule has 1 aromatic rings. The van der Waals surface area contributed by atoms with Crippen LogP contribution in [-0.4, -0.2) is 40.6 Å². The molecule has 0 saturated carbocycles. The maximum absolute atomic E-state index is 11.5. The van der Waals surface area contributed by atoms with Gasteiger partial charge in [0, 0.05) is 18.4 Å². The number of aromatic nitrogens is 2. The summed E-state index contributed by atoms with van der Waals surface area (Å²) in [7, 11) is 0. The molecule has 2 rings (SSSR count). The molecule has 5 nitrogen and oxygen atoms in total. The zero-order valence-electron chi connectivity index (χ0n) is 9.32. The molecule has 2 unspecified atom stereocenters. The second-order valence-electron chi connectivity index (χ2n) is 4.00. The predicted octanol–water partition coefficient (Wildman–Crippen LogP) is 1.36. The van der Waals surface area contributed by atoms with Gasteiger partial charge in [0.05, 0.1) is 18.5 Å². The fourth-order valence-corrected chi connectivity index (χ4v) is 2.89. The van der Waals surface area contributed by atoms with E-state index in [1.807, 2.05) is 29.5 Å². The second kappa shape index (κ2) is 5.66. The van der Waals surface area contributed by atoms with Crippen LogP contribution in [0.2, 0.25) is 0 Å². The van der Waals surface area contributed by atoms with Gasteiger partial charge in [-0.15, -0.1) is 0 Å². The summed E-state index contributed by atoms with van der Waals surface area (Å²) in [6.07, 6.45) is 1.72. The molecule has 1 aliphatic heterocycles. The molecule has 2 atom stereocenters. The number of nitrogens with one attached hydrogen (secondary N) is 1. The van der Waals surface area contributed by atoms with Crippen molar-refractivity contribution in [3.8, 4) is 0 Å². The third-order valence-electron chi connectivity index (χ3n) is 2.58. The first-order valence-corrected chi connectivity index (χ1v) is 7.51. The van der Waals surface area contributed by atoms with Crippen molar-refractivity contribution in [1.82, 2.24) is 9.97 Å². The Labute approximate surface area is 121 Å². The third kappa shape index (κ3) is 3.00. The molecule has 1 saturated heterocycles. The number of H-pyrrole nitrogens is 1. The number of morpholine rings is 1. The summed E-state index contributed by atoms with van der Waals surface area (Å²) in [5.74, 6) is 0.746. The smallest absolute Gasteiger partial charge is 0.266 e. The molecule has 0 bridgehead atoms. The fourth-order valence-electron chi connectivity index (χ4n) is 1.90. The number of aromatic amines is 1. The molecular weight excluding hydrogens is 401 g/mol. The molecule has 0 amide bonds. The lowest BCUT2D eigenvalue weighted by Gasteiger charge is -2.37. The van der Waals surface area contributed by atoms with Crippen molar-refractivity contribution in [1.29, 1.82) is 0 Å². The lowest BCUT2D eigenvalue weighted by Crippen LogP contribution is -2.48. The van der Waals surface area contributed by atoms with Gasteiger partial charge in [0.25, 0.3) is 5.56 Å². The molecule has 94 valence electrons. The van der Waals surface area contributed by atoms with Gasteiger partial charge in [0.15, 0.2) is 0 Å². The molecule has 0 aromatic carbocycles. The van der Waals surface area contributed by atoms with Gasteiger partial charge in [0.2, 0.25) is 0 Å². The third-order valence-corrected chi connectivity index (χ3v) is 4.27. The van der Waals surface area contributed by atoms with Crippen LogP contribution >= 0.6 is 38.5 Å². The molecule has 1 aromatic heterocycles. The molecule has 1 N–H and O–H groups in total. The van der Waals surface area contributed by atoms with Crippen molar-refractivity contribution in [3.63, 3.8) is 0 Å². The summed E-state index contributed by atoms with van der Waals surface area (Å²) in [5, 5.41) is 0.785. The van der Waals surface area contributed by atoms with E-state index in [0.29, 0.717) is 3.57 Å². The van der Waals surface area contributed by atoms with E-state index >= 15 is 0 Å². The zero-order valence-corrected chi connectivity index (χ0v) is 13.1. The van der Waals surface area contributed by atoms with Crippen LogP contribution in [0.1, 0.15) is 6.92 Å². The first-order valence-electron chi connectivity index (χ1n) is 5.31. The van der Waals surface area contributed by atoms with Crippen molar-refractivity contribution in [2.75, 3.05) is 23.3 Å². The quantitative estimate of drug-likeness (QED) is 0.587. The van der Waals surface area contributed by atoms with E-state index < -0.39 is 0 Å². The standard InChI is InChI=1S/C10H13BrIN3O2/c1-6-3-15(4-7(2-11)17-6)9-8(12)10(16)14-5-13-9/h5-7H,2-4H2,1H3,(H,13,14,16). The lowest BCUT2D eigenvalue weighted by atomic mass is 10.2. The number of nitrogens with zero attached hydrogens (tertiary/aromatic N) is 2. The van der Waals surface area contributed by atoms with Crippen LogP contribution in [0.15, 0.2) is 11.1 Å². The van der Waals surface area contributed by atoms with Crippen LogP contribution < -0.4 is 10.5 Å². The van der Waals surface area contributed by atoms with Gasteiger partial charge < -0.3 is 14.6 Å². The second-order valence-corrected chi connectivity index (χ2v) is 5.72. The van der Waals surface area contributed by atoms with E-state index in [4.69, 9.17) is 4.74 Å². The highest BCUT2D eigenvalue weighted by atomic mass is 127. The predicted molar refractivity (Wildman–Crippen MR) is 77.9 cm³/mol. The molecule has 0 radical (unpaired) electrons. The molecule has 2 heterocycles. The van der Waals surface area contributed by atoms with Crippen molar-refractivity contribution >= 4 is 44.3 Å². The van der Waals surface area contributed by atoms with Crippen LogP contribution in [0.4, 0.5) is 5.82 Å². The molecular formula is C10H13BrIN3O2. The van der Waals surface area contributed by atoms with E-state index in [9.17, 15) is 4.79 Å². The number of alkyl halides is 1. The summed E-state index contributed by atoms with van der Waals surface area (Å²) < 4.78 is 6.38. The number of hydrogen-bond acceptors (Lipinski definition) is 4. The van der Waals surface area contributed by atoms with Crippen LogP contribution in [0.25, 0.3) is 0 Å². The SMILES string of the molecule is CC1CN(c2nc[nH]c(=O)c2I)CC(CBr)O1.